The number of benzene rings is 4. The lowest BCUT2D eigenvalue weighted by molar-refractivity contribution is -0.123. The average molecular weight is 824 g/mol. The van der Waals surface area contributed by atoms with Crippen LogP contribution in [0.1, 0.15) is 55.5 Å². The van der Waals surface area contributed by atoms with E-state index in [-0.39, 0.29) is 45.0 Å². The maximum absolute atomic E-state index is 13.4. The molecule has 11 nitrogen and oxygen atoms in total. The van der Waals surface area contributed by atoms with Gasteiger partial charge < -0.3 is 35.8 Å². The molecule has 1 amide bonds. The lowest BCUT2D eigenvalue weighted by atomic mass is 9.64. The highest BCUT2D eigenvalue weighted by Gasteiger charge is 2.49. The second-order valence-electron chi connectivity index (χ2n) is 16.9. The van der Waals surface area contributed by atoms with Crippen molar-refractivity contribution >= 4 is 35.0 Å². The Labute approximate surface area is 343 Å². The van der Waals surface area contributed by atoms with Gasteiger partial charge in [-0.2, -0.15) is 0 Å². The summed E-state index contributed by atoms with van der Waals surface area (Å²) in [6.07, 6.45) is 0.414. The van der Waals surface area contributed by atoms with Crippen LogP contribution in [0.25, 0.3) is 10.9 Å². The molecule has 1 aliphatic rings. The molecule has 5 aromatic rings. The molecule has 58 heavy (non-hydrogen) atoms. The molecule has 0 bridgehead atoms. The minimum Gasteiger partial charge on any atom is -0.506 e. The number of carbonyl (C=O) groups is 1. The molecule has 2 atom stereocenters. The van der Waals surface area contributed by atoms with Crippen molar-refractivity contribution in [1.82, 2.24) is 20.5 Å². The largest absolute Gasteiger partial charge is 0.506 e. The maximum Gasteiger partial charge on any atom is 0.248 e. The number of primary amides is 1. The molecule has 0 radical (unpaired) electrons. The molecule has 0 saturated carbocycles. The van der Waals surface area contributed by atoms with E-state index < -0.39 is 23.6 Å². The van der Waals surface area contributed by atoms with E-state index >= 15 is 0 Å². The van der Waals surface area contributed by atoms with Gasteiger partial charge in [0.15, 0.2) is 18.2 Å². The third-order valence-corrected chi connectivity index (χ3v) is 18.1. The number of aromatic amines is 1. The zero-order chi connectivity index (χ0) is 41.7. The van der Waals surface area contributed by atoms with Gasteiger partial charge in [-0.25, -0.2) is 8.42 Å². The number of sulfone groups is 1. The second-order valence-corrected chi connectivity index (χ2v) is 23.6. The Hall–Kier alpha value is -4.63. The Balaban J connectivity index is 1.05. The van der Waals surface area contributed by atoms with Gasteiger partial charge in [0.1, 0.15) is 17.0 Å². The van der Waals surface area contributed by atoms with Crippen molar-refractivity contribution in [2.45, 2.75) is 68.3 Å². The number of likely N-dealkylation sites (tertiary alicyclic amines) is 1. The molecule has 308 valence electrons. The number of aromatic nitrogens is 1. The molecule has 0 aliphatic carbocycles. The number of amides is 1. The molecule has 1 aromatic heterocycles. The number of nitrogens with two attached hydrogens (primary N) is 1. The van der Waals surface area contributed by atoms with E-state index in [4.69, 9.17) is 10.2 Å². The molecule has 1 fully saturated rings. The third-order valence-electron chi connectivity index (χ3n) is 12.1. The van der Waals surface area contributed by atoms with Crippen molar-refractivity contribution in [2.24, 2.45) is 11.7 Å². The van der Waals surface area contributed by atoms with Gasteiger partial charge in [-0.15, -0.1) is 0 Å². The molecule has 1 saturated heterocycles. The summed E-state index contributed by atoms with van der Waals surface area (Å²) >= 11 is 0. The van der Waals surface area contributed by atoms with Gasteiger partial charge in [0.2, 0.25) is 11.5 Å². The lowest BCUT2D eigenvalue weighted by Crippen LogP contribution is -2.49. The van der Waals surface area contributed by atoms with Gasteiger partial charge in [0, 0.05) is 44.2 Å². The van der Waals surface area contributed by atoms with E-state index in [9.17, 15) is 23.1 Å². The number of phenols is 1. The molecule has 6 rings (SSSR count). The molecule has 2 heterocycles. The fourth-order valence-corrected chi connectivity index (χ4v) is 10.3. The molecule has 6 N–H and O–H groups in total. The Morgan fingerprint density at radius 3 is 2.17 bits per heavy atom. The number of hydrogen-bond acceptors (Lipinski definition) is 9. The third kappa shape index (κ3) is 9.30. The monoisotopic (exact) mass is 823 g/mol. The highest BCUT2D eigenvalue weighted by atomic mass is 32.2. The van der Waals surface area contributed by atoms with Crippen LogP contribution in [0.15, 0.2) is 119 Å². The lowest BCUT2D eigenvalue weighted by Gasteiger charge is -2.39. The number of nitrogens with zero attached hydrogens (tertiary/aromatic N) is 1. The van der Waals surface area contributed by atoms with Crippen molar-refractivity contribution in [3.05, 3.63) is 142 Å². The van der Waals surface area contributed by atoms with E-state index in [1.807, 2.05) is 78.9 Å². The summed E-state index contributed by atoms with van der Waals surface area (Å²) in [5.74, 6) is -0.609. The molecule has 4 aromatic carbocycles. The summed E-state index contributed by atoms with van der Waals surface area (Å²) in [7, 11) is -5.84. The smallest absolute Gasteiger partial charge is 0.248 e. The summed E-state index contributed by atoms with van der Waals surface area (Å²) in [4.78, 5) is 30.8. The quantitative estimate of drug-likeness (QED) is 0.0542. The topological polar surface area (TPSA) is 167 Å². The standard InChI is InChI=1S/C45H57N5O6SSi/c1-44(2,3)58(4,5)56-40(37-20-22-39(51)42-38(37)21-23-41(52)49-42)29-48-28-32-16-18-36(19-17-32)57(54,55)31-47-25-27-50-26-24-35(30-50)45(43(46)53,33-12-8-6-9-13-33)34-14-10-7-11-15-34/h6-23,35,40,47-48,51H,24-31H2,1-5H3,(H2,46,53)(H,49,52)/t35-,40+/m1/s1. The van der Waals surface area contributed by atoms with Gasteiger partial charge in [-0.3, -0.25) is 9.59 Å². The summed E-state index contributed by atoms with van der Waals surface area (Å²) in [5.41, 5.74) is 8.90. The van der Waals surface area contributed by atoms with E-state index in [0.29, 0.717) is 43.6 Å². The number of hydrogen-bond donors (Lipinski definition) is 5. The van der Waals surface area contributed by atoms with Crippen LogP contribution in [-0.2, 0) is 31.0 Å². The highest BCUT2D eigenvalue weighted by molar-refractivity contribution is 7.91. The van der Waals surface area contributed by atoms with E-state index in [1.54, 1.807) is 24.3 Å². The second kappa shape index (κ2) is 17.7. The number of fused-ring (bicyclic) bond motifs is 1. The predicted octanol–water partition coefficient (Wildman–Crippen LogP) is 6.20. The molecule has 13 heteroatoms. The van der Waals surface area contributed by atoms with Crippen molar-refractivity contribution in [1.29, 1.82) is 0 Å². The van der Waals surface area contributed by atoms with Gasteiger partial charge in [-0.05, 0) is 83.5 Å². The first-order valence-electron chi connectivity index (χ1n) is 19.9. The number of nitrogens with one attached hydrogen (secondary N) is 3. The molecule has 0 unspecified atom stereocenters. The molecule has 0 spiro atoms. The number of phenolic OH excluding ortho intramolecular Hbond substituents is 1. The summed E-state index contributed by atoms with van der Waals surface area (Å²) in [5, 5.41) is 17.8. The van der Waals surface area contributed by atoms with E-state index in [1.165, 1.54) is 6.07 Å². The molecular weight excluding hydrogens is 767 g/mol. The Kier molecular flexibility index (Phi) is 13.1. The van der Waals surface area contributed by atoms with Crippen LogP contribution in [0.5, 0.6) is 5.75 Å². The van der Waals surface area contributed by atoms with E-state index in [2.05, 4.69) is 54.4 Å². The zero-order valence-electron chi connectivity index (χ0n) is 34.1. The van der Waals surface area contributed by atoms with Crippen molar-refractivity contribution in [3.63, 3.8) is 0 Å². The van der Waals surface area contributed by atoms with Gasteiger partial charge in [0.25, 0.3) is 0 Å². The number of carbonyl (C=O) groups excluding carboxylic acids is 1. The molecule has 1 aliphatic heterocycles. The Bertz CT molecular complexity index is 2310. The Morgan fingerprint density at radius 2 is 1.57 bits per heavy atom. The van der Waals surface area contributed by atoms with E-state index in [0.717, 1.165) is 35.2 Å². The predicted molar refractivity (Wildman–Crippen MR) is 233 cm³/mol. The van der Waals surface area contributed by atoms with Crippen LogP contribution in [0, 0.1) is 5.92 Å². The summed E-state index contributed by atoms with van der Waals surface area (Å²) in [6, 6.07) is 33.0. The average Bonchev–Trinajstić information content (AvgIpc) is 3.66. The van der Waals surface area contributed by atoms with Gasteiger partial charge in [-0.1, -0.05) is 99.6 Å². The fourth-order valence-electron chi connectivity index (χ4n) is 7.89. The summed E-state index contributed by atoms with van der Waals surface area (Å²) in [6.45, 7) is 14.4. The number of rotatable bonds is 17. The maximum atomic E-state index is 13.4. The molecular formula is C45H57N5O6SSi. The van der Waals surface area contributed by atoms with Crippen LogP contribution >= 0.6 is 0 Å². The fraction of sp³-hybridized carbons (Fsp3) is 0.378. The highest BCUT2D eigenvalue weighted by Crippen LogP contribution is 2.44. The number of H-pyrrole nitrogens is 1. The number of aromatic hydroxyl groups is 1. The number of pyridine rings is 1. The van der Waals surface area contributed by atoms with Gasteiger partial charge >= 0.3 is 0 Å². The summed E-state index contributed by atoms with van der Waals surface area (Å²) < 4.78 is 33.6. The van der Waals surface area contributed by atoms with Crippen molar-refractivity contribution < 1.29 is 22.7 Å². The normalized spacial score (nSPS) is 16.1. The SMILES string of the molecule is CC(C)(C)[Si](C)(C)O[C@@H](CNCc1ccc(S(=O)(=O)CNCCN2CC[C@@H](C(C(N)=O)(c3ccccc3)c3ccccc3)C2)cc1)c1ccc(O)c2[nH]c(=O)ccc12. The van der Waals surface area contributed by atoms with Crippen LogP contribution < -0.4 is 21.9 Å². The first-order valence-corrected chi connectivity index (χ1v) is 24.5. The van der Waals surface area contributed by atoms with Crippen LogP contribution in [0.3, 0.4) is 0 Å². The zero-order valence-corrected chi connectivity index (χ0v) is 35.9. The first kappa shape index (κ1) is 43.0. The van der Waals surface area contributed by atoms with Crippen molar-refractivity contribution in [2.75, 3.05) is 38.6 Å². The van der Waals surface area contributed by atoms with Crippen LogP contribution in [0.4, 0.5) is 0 Å². The minimum absolute atomic E-state index is 0.00300. The van der Waals surface area contributed by atoms with Gasteiger partial charge in [0.05, 0.1) is 16.5 Å². The Morgan fingerprint density at radius 1 is 0.931 bits per heavy atom. The first-order chi connectivity index (χ1) is 27.5. The van der Waals surface area contributed by atoms with Crippen molar-refractivity contribution in [3.8, 4) is 5.75 Å². The minimum atomic E-state index is -3.59. The van der Waals surface area contributed by atoms with Crippen LogP contribution in [-0.4, -0.2) is 76.2 Å². The van der Waals surface area contributed by atoms with Crippen LogP contribution in [0.2, 0.25) is 18.1 Å².